The maximum Gasteiger partial charge on any atom is 0.361 e. The van der Waals surface area contributed by atoms with Crippen LogP contribution in [0.15, 0.2) is 59.0 Å². The van der Waals surface area contributed by atoms with E-state index in [1.807, 2.05) is 61.5 Å². The number of hydrogen-bond acceptors (Lipinski definition) is 7. The van der Waals surface area contributed by atoms with Gasteiger partial charge in [0.1, 0.15) is 12.4 Å². The summed E-state index contributed by atoms with van der Waals surface area (Å²) >= 11 is 0. The van der Waals surface area contributed by atoms with Gasteiger partial charge in [-0.1, -0.05) is 36.4 Å². The molecule has 7 heteroatoms. The van der Waals surface area contributed by atoms with Crippen LogP contribution in [0.3, 0.4) is 0 Å². The number of aromatic nitrogens is 2. The van der Waals surface area contributed by atoms with Crippen molar-refractivity contribution < 1.29 is 23.5 Å². The molecule has 0 unspecified atom stereocenters. The fraction of sp³-hybridized carbons (Fsp3) is 0.167. The zero-order valence-corrected chi connectivity index (χ0v) is 17.3. The molecule has 0 spiro atoms. The van der Waals surface area contributed by atoms with Gasteiger partial charge < -0.3 is 13.9 Å². The van der Waals surface area contributed by atoms with Crippen LogP contribution in [0.5, 0.6) is 0 Å². The third-order valence-corrected chi connectivity index (χ3v) is 4.97. The van der Waals surface area contributed by atoms with E-state index in [4.69, 9.17) is 13.9 Å². The molecule has 0 saturated heterocycles. The molecule has 2 heterocycles. The highest BCUT2D eigenvalue weighted by Gasteiger charge is 2.23. The zero-order valence-electron chi connectivity index (χ0n) is 17.3. The predicted octanol–water partition coefficient (Wildman–Crippen LogP) is 4.65. The molecule has 0 bridgehead atoms. The Morgan fingerprint density at radius 2 is 1.65 bits per heavy atom. The Kier molecular flexibility index (Phi) is 5.49. The second-order valence-corrected chi connectivity index (χ2v) is 6.93. The van der Waals surface area contributed by atoms with E-state index < -0.39 is 11.9 Å². The van der Waals surface area contributed by atoms with Crippen LogP contribution in [-0.4, -0.2) is 29.0 Å². The summed E-state index contributed by atoms with van der Waals surface area (Å²) in [5, 5.41) is 0.831. The maximum absolute atomic E-state index is 12.7. The van der Waals surface area contributed by atoms with Gasteiger partial charge in [0.15, 0.2) is 5.69 Å². The SMILES string of the molecule is COC(=O)c1c(COC(=O)c2nc(-c3ccccc3)oc2C)nc2ccccc2c1C. The number of carbonyl (C=O) groups excluding carboxylic acids is 2. The van der Waals surface area contributed by atoms with Crippen LogP contribution in [-0.2, 0) is 16.1 Å². The lowest BCUT2D eigenvalue weighted by atomic mass is 10.0. The van der Waals surface area contributed by atoms with E-state index in [1.54, 1.807) is 6.92 Å². The van der Waals surface area contributed by atoms with Gasteiger partial charge in [-0.2, -0.15) is 0 Å². The number of aryl methyl sites for hydroxylation is 2. The number of fused-ring (bicyclic) bond motifs is 1. The molecule has 0 aliphatic carbocycles. The first-order valence-corrected chi connectivity index (χ1v) is 9.66. The Bertz CT molecular complexity index is 1280. The molecule has 7 nitrogen and oxygen atoms in total. The number of benzene rings is 2. The number of oxazole rings is 1. The number of rotatable bonds is 5. The molecule has 0 N–H and O–H groups in total. The van der Waals surface area contributed by atoms with Crippen molar-refractivity contribution in [1.82, 2.24) is 9.97 Å². The fourth-order valence-corrected chi connectivity index (χ4v) is 3.41. The van der Waals surface area contributed by atoms with E-state index in [-0.39, 0.29) is 17.9 Å². The van der Waals surface area contributed by atoms with E-state index in [0.29, 0.717) is 28.4 Å². The first-order chi connectivity index (χ1) is 15.0. The molecule has 0 amide bonds. The van der Waals surface area contributed by atoms with Crippen molar-refractivity contribution in [3.63, 3.8) is 0 Å². The fourth-order valence-electron chi connectivity index (χ4n) is 3.41. The van der Waals surface area contributed by atoms with Gasteiger partial charge in [0.05, 0.1) is 23.9 Å². The van der Waals surface area contributed by atoms with Gasteiger partial charge in [0.25, 0.3) is 0 Å². The Labute approximate surface area is 178 Å². The summed E-state index contributed by atoms with van der Waals surface area (Å²) in [5.41, 5.74) is 2.85. The Morgan fingerprint density at radius 3 is 2.39 bits per heavy atom. The minimum absolute atomic E-state index is 0.0796. The van der Waals surface area contributed by atoms with Gasteiger partial charge in [0, 0.05) is 10.9 Å². The summed E-state index contributed by atoms with van der Waals surface area (Å²) < 4.78 is 16.0. The van der Waals surface area contributed by atoms with Crippen LogP contribution in [0.25, 0.3) is 22.4 Å². The number of carbonyl (C=O) groups is 2. The number of hydrogen-bond donors (Lipinski definition) is 0. The second kappa shape index (κ2) is 8.39. The average Bonchev–Trinajstić information content (AvgIpc) is 3.19. The third-order valence-electron chi connectivity index (χ3n) is 4.97. The van der Waals surface area contributed by atoms with Gasteiger partial charge >= 0.3 is 11.9 Å². The lowest BCUT2D eigenvalue weighted by Gasteiger charge is -2.13. The summed E-state index contributed by atoms with van der Waals surface area (Å²) in [4.78, 5) is 33.9. The molecular formula is C24H20N2O5. The average molecular weight is 416 g/mol. The van der Waals surface area contributed by atoms with Crippen LogP contribution in [0.2, 0.25) is 0 Å². The van der Waals surface area contributed by atoms with Crippen LogP contribution in [0.1, 0.15) is 37.9 Å². The highest BCUT2D eigenvalue weighted by molar-refractivity contribution is 5.98. The first-order valence-electron chi connectivity index (χ1n) is 9.66. The zero-order chi connectivity index (χ0) is 22.0. The van der Waals surface area contributed by atoms with E-state index in [1.165, 1.54) is 7.11 Å². The lowest BCUT2D eigenvalue weighted by Crippen LogP contribution is -2.14. The number of pyridine rings is 1. The summed E-state index contributed by atoms with van der Waals surface area (Å²) in [6.07, 6.45) is 0. The minimum atomic E-state index is -0.660. The minimum Gasteiger partial charge on any atom is -0.465 e. The van der Waals surface area contributed by atoms with Crippen LogP contribution in [0, 0.1) is 13.8 Å². The number of para-hydroxylation sites is 1. The summed E-state index contributed by atoms with van der Waals surface area (Å²) in [7, 11) is 1.30. The van der Waals surface area contributed by atoms with Gasteiger partial charge in [-0.15, -0.1) is 0 Å². The molecule has 156 valence electrons. The van der Waals surface area contributed by atoms with Crippen LogP contribution < -0.4 is 0 Å². The quantitative estimate of drug-likeness (QED) is 0.437. The van der Waals surface area contributed by atoms with Gasteiger partial charge in [-0.3, -0.25) is 0 Å². The van der Waals surface area contributed by atoms with E-state index in [9.17, 15) is 9.59 Å². The van der Waals surface area contributed by atoms with Gasteiger partial charge in [-0.25, -0.2) is 19.6 Å². The van der Waals surface area contributed by atoms with E-state index in [2.05, 4.69) is 9.97 Å². The predicted molar refractivity (Wildman–Crippen MR) is 114 cm³/mol. The molecule has 4 aromatic rings. The van der Waals surface area contributed by atoms with Crippen LogP contribution >= 0.6 is 0 Å². The Morgan fingerprint density at radius 1 is 0.935 bits per heavy atom. The molecule has 2 aromatic carbocycles. The largest absolute Gasteiger partial charge is 0.465 e. The summed E-state index contributed by atoms with van der Waals surface area (Å²) in [5.74, 6) is -0.516. The van der Waals surface area contributed by atoms with Crippen molar-refractivity contribution in [1.29, 1.82) is 0 Å². The Balaban J connectivity index is 1.63. The van der Waals surface area contributed by atoms with E-state index in [0.717, 1.165) is 10.9 Å². The molecular weight excluding hydrogens is 396 g/mol. The van der Waals surface area contributed by atoms with Gasteiger partial charge in [0.2, 0.25) is 5.89 Å². The molecule has 0 saturated carbocycles. The van der Waals surface area contributed by atoms with Gasteiger partial charge in [-0.05, 0) is 37.6 Å². The van der Waals surface area contributed by atoms with Crippen molar-refractivity contribution in [2.45, 2.75) is 20.5 Å². The molecule has 2 aromatic heterocycles. The normalized spacial score (nSPS) is 10.8. The second-order valence-electron chi connectivity index (χ2n) is 6.93. The standard InChI is InChI=1S/C24H20N2O5/c1-14-17-11-7-8-12-18(17)25-19(20(14)23(27)29-3)13-30-24(28)21-15(2)31-22(26-21)16-9-5-4-6-10-16/h4-12H,13H2,1-3H3. The molecule has 31 heavy (non-hydrogen) atoms. The van der Waals surface area contributed by atoms with Crippen molar-refractivity contribution in [3.05, 3.63) is 82.9 Å². The smallest absolute Gasteiger partial charge is 0.361 e. The molecule has 0 atom stereocenters. The molecule has 0 aliphatic rings. The molecule has 0 radical (unpaired) electrons. The highest BCUT2D eigenvalue weighted by atomic mass is 16.5. The summed E-state index contributed by atoms with van der Waals surface area (Å²) in [6, 6.07) is 16.7. The van der Waals surface area contributed by atoms with Crippen LogP contribution in [0.4, 0.5) is 0 Å². The van der Waals surface area contributed by atoms with Crippen molar-refractivity contribution in [3.8, 4) is 11.5 Å². The topological polar surface area (TPSA) is 91.5 Å². The molecule has 4 rings (SSSR count). The monoisotopic (exact) mass is 416 g/mol. The highest BCUT2D eigenvalue weighted by Crippen LogP contribution is 2.25. The van der Waals surface area contributed by atoms with Crippen molar-refractivity contribution in [2.75, 3.05) is 7.11 Å². The Hall–Kier alpha value is -4.00. The third kappa shape index (κ3) is 3.90. The molecule has 0 aliphatic heterocycles. The number of methoxy groups -OCH3 is 1. The number of esters is 2. The van der Waals surface area contributed by atoms with Crippen molar-refractivity contribution >= 4 is 22.8 Å². The maximum atomic E-state index is 12.7. The summed E-state index contributed by atoms with van der Waals surface area (Å²) in [6.45, 7) is 3.26. The number of ether oxygens (including phenoxy) is 2. The lowest BCUT2D eigenvalue weighted by molar-refractivity contribution is 0.0448. The van der Waals surface area contributed by atoms with E-state index >= 15 is 0 Å². The molecule has 0 fully saturated rings. The first kappa shape index (κ1) is 20.3. The number of nitrogens with zero attached hydrogens (tertiary/aromatic N) is 2. The van der Waals surface area contributed by atoms with Crippen molar-refractivity contribution in [2.24, 2.45) is 0 Å².